The van der Waals surface area contributed by atoms with Crippen molar-refractivity contribution in [2.45, 2.75) is 13.5 Å². The number of pyridine rings is 1. The van der Waals surface area contributed by atoms with Crippen LogP contribution in [0, 0.1) is 6.92 Å². The summed E-state index contributed by atoms with van der Waals surface area (Å²) < 4.78 is 5.30. The molecule has 2 aromatic rings. The second-order valence-corrected chi connectivity index (χ2v) is 3.39. The van der Waals surface area contributed by atoms with Crippen LogP contribution >= 0.6 is 0 Å². The van der Waals surface area contributed by atoms with E-state index in [0.29, 0.717) is 29.8 Å². The Bertz CT molecular complexity index is 494. The Morgan fingerprint density at radius 3 is 2.81 bits per heavy atom. The van der Waals surface area contributed by atoms with Gasteiger partial charge in [0.15, 0.2) is 0 Å². The van der Waals surface area contributed by atoms with Crippen LogP contribution in [0.4, 0.5) is 17.3 Å². The van der Waals surface area contributed by atoms with Crippen LogP contribution < -0.4 is 16.8 Å². The van der Waals surface area contributed by atoms with Gasteiger partial charge in [0.2, 0.25) is 5.89 Å². The van der Waals surface area contributed by atoms with Gasteiger partial charge in [0.25, 0.3) is 0 Å². The number of anilines is 3. The van der Waals surface area contributed by atoms with Crippen molar-refractivity contribution in [3.05, 3.63) is 30.0 Å². The molecule has 0 fully saturated rings. The zero-order valence-corrected chi connectivity index (χ0v) is 8.90. The normalized spacial score (nSPS) is 10.3. The molecule has 84 valence electrons. The fourth-order valence-corrected chi connectivity index (χ4v) is 1.23. The van der Waals surface area contributed by atoms with Crippen molar-refractivity contribution in [1.29, 1.82) is 0 Å². The highest BCUT2D eigenvalue weighted by Crippen LogP contribution is 2.15. The van der Waals surface area contributed by atoms with Gasteiger partial charge in [-0.1, -0.05) is 0 Å². The zero-order valence-electron chi connectivity index (χ0n) is 8.90. The molecule has 16 heavy (non-hydrogen) atoms. The van der Waals surface area contributed by atoms with Crippen molar-refractivity contribution in [3.8, 4) is 0 Å². The molecule has 0 bridgehead atoms. The van der Waals surface area contributed by atoms with E-state index in [9.17, 15) is 0 Å². The molecule has 5 N–H and O–H groups in total. The molecule has 6 nitrogen and oxygen atoms in total. The summed E-state index contributed by atoms with van der Waals surface area (Å²) in [6.45, 7) is 2.31. The number of oxazole rings is 1. The fourth-order valence-electron chi connectivity index (χ4n) is 1.23. The van der Waals surface area contributed by atoms with Crippen LogP contribution in [0.1, 0.15) is 11.7 Å². The lowest BCUT2D eigenvalue weighted by Crippen LogP contribution is -2.04. The summed E-state index contributed by atoms with van der Waals surface area (Å²) in [6, 6.07) is 3.45. The minimum Gasteiger partial charge on any atom is -0.444 e. The molecule has 0 aromatic carbocycles. The van der Waals surface area contributed by atoms with Crippen LogP contribution in [-0.4, -0.2) is 9.97 Å². The Labute approximate surface area is 92.7 Å². The first kappa shape index (κ1) is 10.3. The van der Waals surface area contributed by atoms with E-state index in [1.54, 1.807) is 18.3 Å². The molecule has 0 atom stereocenters. The number of hydrogen-bond acceptors (Lipinski definition) is 6. The average molecular weight is 219 g/mol. The molecule has 0 aliphatic carbocycles. The lowest BCUT2D eigenvalue weighted by molar-refractivity contribution is 0.479. The molecule has 0 aliphatic heterocycles. The Morgan fingerprint density at radius 1 is 1.38 bits per heavy atom. The molecule has 2 rings (SSSR count). The molecular formula is C10H13N5O. The van der Waals surface area contributed by atoms with Crippen molar-refractivity contribution in [3.63, 3.8) is 0 Å². The number of hydrogen-bond donors (Lipinski definition) is 3. The Balaban J connectivity index is 2.02. The number of rotatable bonds is 3. The molecule has 6 heteroatoms. The van der Waals surface area contributed by atoms with Crippen LogP contribution in [-0.2, 0) is 6.54 Å². The molecule has 0 unspecified atom stereocenters. The third kappa shape index (κ3) is 2.22. The first-order valence-corrected chi connectivity index (χ1v) is 4.82. The fraction of sp³-hybridized carbons (Fsp3) is 0.200. The summed E-state index contributed by atoms with van der Waals surface area (Å²) in [6.07, 6.45) is 1.67. The van der Waals surface area contributed by atoms with E-state index in [0.717, 1.165) is 5.76 Å². The molecule has 0 aliphatic rings. The van der Waals surface area contributed by atoms with Crippen molar-refractivity contribution < 1.29 is 4.42 Å². The van der Waals surface area contributed by atoms with Crippen molar-refractivity contribution in [2.24, 2.45) is 0 Å². The molecule has 0 saturated heterocycles. The highest BCUT2D eigenvalue weighted by molar-refractivity contribution is 5.61. The maximum Gasteiger partial charge on any atom is 0.213 e. The van der Waals surface area contributed by atoms with E-state index < -0.39 is 0 Å². The summed E-state index contributed by atoms with van der Waals surface area (Å²) in [5, 5.41) is 3.04. The average Bonchev–Trinajstić information content (AvgIpc) is 2.66. The Hall–Kier alpha value is -2.24. The van der Waals surface area contributed by atoms with Gasteiger partial charge in [0.05, 0.1) is 18.4 Å². The van der Waals surface area contributed by atoms with E-state index in [-0.39, 0.29) is 0 Å². The molecular weight excluding hydrogens is 206 g/mol. The standard InChI is InChI=1S/C10H13N5O/c1-6-4-14-9(16-6)5-13-8-3-2-7(11)10(12)15-8/h2-4H,5,11H2,1H3,(H3,12,13,15). The first-order chi connectivity index (χ1) is 7.65. The number of nitrogens with two attached hydrogens (primary N) is 2. The Kier molecular flexibility index (Phi) is 2.63. The van der Waals surface area contributed by atoms with Crippen molar-refractivity contribution in [2.75, 3.05) is 16.8 Å². The smallest absolute Gasteiger partial charge is 0.213 e. The van der Waals surface area contributed by atoms with Crippen LogP contribution in [0.25, 0.3) is 0 Å². The van der Waals surface area contributed by atoms with Gasteiger partial charge in [-0.05, 0) is 19.1 Å². The molecule has 2 heterocycles. The van der Waals surface area contributed by atoms with Gasteiger partial charge < -0.3 is 21.2 Å². The first-order valence-electron chi connectivity index (χ1n) is 4.82. The van der Waals surface area contributed by atoms with Crippen molar-refractivity contribution >= 4 is 17.3 Å². The van der Waals surface area contributed by atoms with Crippen LogP contribution in [0.5, 0.6) is 0 Å². The maximum absolute atomic E-state index is 5.58. The lowest BCUT2D eigenvalue weighted by atomic mass is 10.4. The third-order valence-electron chi connectivity index (χ3n) is 2.05. The maximum atomic E-state index is 5.58. The summed E-state index contributed by atoms with van der Waals surface area (Å²) in [5.41, 5.74) is 11.6. The highest BCUT2D eigenvalue weighted by Gasteiger charge is 2.02. The molecule has 0 spiro atoms. The number of nitrogens with one attached hydrogen (secondary N) is 1. The van der Waals surface area contributed by atoms with Gasteiger partial charge in [-0.2, -0.15) is 0 Å². The highest BCUT2D eigenvalue weighted by atomic mass is 16.4. The molecule has 0 radical (unpaired) electrons. The summed E-state index contributed by atoms with van der Waals surface area (Å²) in [5.74, 6) is 2.34. The second kappa shape index (κ2) is 4.09. The lowest BCUT2D eigenvalue weighted by Gasteiger charge is -2.05. The third-order valence-corrected chi connectivity index (χ3v) is 2.05. The number of aryl methyl sites for hydroxylation is 1. The number of nitrogens with zero attached hydrogens (tertiary/aromatic N) is 2. The Morgan fingerprint density at radius 2 is 2.19 bits per heavy atom. The predicted octanol–water partition coefficient (Wildman–Crippen LogP) is 1.15. The van der Waals surface area contributed by atoms with Crippen LogP contribution in [0.15, 0.2) is 22.7 Å². The monoisotopic (exact) mass is 219 g/mol. The van der Waals surface area contributed by atoms with E-state index in [4.69, 9.17) is 15.9 Å². The minimum atomic E-state index is 0.314. The summed E-state index contributed by atoms with van der Waals surface area (Å²) in [7, 11) is 0. The topological polar surface area (TPSA) is 103 Å². The summed E-state index contributed by atoms with van der Waals surface area (Å²) >= 11 is 0. The molecule has 0 saturated carbocycles. The van der Waals surface area contributed by atoms with Gasteiger partial charge in [-0.25, -0.2) is 9.97 Å². The SMILES string of the molecule is Cc1cnc(CNc2ccc(N)c(N)n2)o1. The van der Waals surface area contributed by atoms with Crippen LogP contribution in [0.2, 0.25) is 0 Å². The van der Waals surface area contributed by atoms with E-state index in [1.165, 1.54) is 0 Å². The number of aromatic nitrogens is 2. The zero-order chi connectivity index (χ0) is 11.5. The summed E-state index contributed by atoms with van der Waals surface area (Å²) in [4.78, 5) is 8.12. The quantitative estimate of drug-likeness (QED) is 0.715. The predicted molar refractivity (Wildman–Crippen MR) is 61.6 cm³/mol. The van der Waals surface area contributed by atoms with Gasteiger partial charge in [-0.3, -0.25) is 0 Å². The van der Waals surface area contributed by atoms with E-state index in [1.807, 2.05) is 6.92 Å². The molecule has 0 amide bonds. The van der Waals surface area contributed by atoms with Gasteiger partial charge >= 0.3 is 0 Å². The molecule has 2 aromatic heterocycles. The van der Waals surface area contributed by atoms with E-state index in [2.05, 4.69) is 15.3 Å². The van der Waals surface area contributed by atoms with Crippen LogP contribution in [0.3, 0.4) is 0 Å². The van der Waals surface area contributed by atoms with Gasteiger partial charge in [-0.15, -0.1) is 0 Å². The number of nitrogen functional groups attached to an aromatic ring is 2. The minimum absolute atomic E-state index is 0.314. The van der Waals surface area contributed by atoms with Gasteiger partial charge in [0.1, 0.15) is 17.4 Å². The second-order valence-electron chi connectivity index (χ2n) is 3.39. The largest absolute Gasteiger partial charge is 0.444 e. The van der Waals surface area contributed by atoms with E-state index >= 15 is 0 Å². The van der Waals surface area contributed by atoms with Crippen molar-refractivity contribution in [1.82, 2.24) is 9.97 Å². The van der Waals surface area contributed by atoms with Gasteiger partial charge in [0, 0.05) is 0 Å².